The highest BCUT2D eigenvalue weighted by molar-refractivity contribution is 5.65. The first-order valence-electron chi connectivity index (χ1n) is 11.3. The molecule has 1 N–H and O–H groups in total. The van der Waals surface area contributed by atoms with Crippen LogP contribution in [0.3, 0.4) is 0 Å². The minimum absolute atomic E-state index is 0.199. The van der Waals surface area contributed by atoms with Crippen molar-refractivity contribution in [2.45, 2.75) is 45.4 Å². The summed E-state index contributed by atoms with van der Waals surface area (Å²) in [6.07, 6.45) is 12.5. The summed E-state index contributed by atoms with van der Waals surface area (Å²) in [5, 5.41) is 9.99. The van der Waals surface area contributed by atoms with Gasteiger partial charge in [0.15, 0.2) is 0 Å². The van der Waals surface area contributed by atoms with E-state index in [1.807, 2.05) is 6.07 Å². The molecule has 0 radical (unpaired) electrons. The van der Waals surface area contributed by atoms with Gasteiger partial charge in [-0.3, -0.25) is 0 Å². The first-order valence-corrected chi connectivity index (χ1v) is 11.3. The van der Waals surface area contributed by atoms with Gasteiger partial charge in [-0.25, -0.2) is 4.39 Å². The molecule has 0 aliphatic heterocycles. The highest BCUT2D eigenvalue weighted by Gasteiger charge is 2.42. The van der Waals surface area contributed by atoms with Crippen LogP contribution in [0.15, 0.2) is 54.6 Å². The van der Waals surface area contributed by atoms with Gasteiger partial charge in [-0.15, -0.1) is 0 Å². The molecule has 2 aliphatic carbocycles. The van der Waals surface area contributed by atoms with E-state index < -0.39 is 0 Å². The summed E-state index contributed by atoms with van der Waals surface area (Å²) < 4.78 is 13.5. The zero-order chi connectivity index (χ0) is 20.2. The predicted molar refractivity (Wildman–Crippen MR) is 119 cm³/mol. The third kappa shape index (κ3) is 4.48. The Hall–Kier alpha value is -1.93. The highest BCUT2D eigenvalue weighted by atomic mass is 19.1. The fourth-order valence-corrected chi connectivity index (χ4v) is 6.01. The van der Waals surface area contributed by atoms with Gasteiger partial charge in [0.25, 0.3) is 0 Å². The molecule has 2 fully saturated rings. The molecule has 0 heterocycles. The average Bonchev–Trinajstić information content (AvgIpc) is 2.77. The molecule has 1 nitrogen and oxygen atoms in total. The van der Waals surface area contributed by atoms with Crippen molar-refractivity contribution in [2.24, 2.45) is 29.6 Å². The number of allylic oxidation sites excluding steroid dienone is 1. The Labute approximate surface area is 174 Å². The second-order valence-corrected chi connectivity index (χ2v) is 9.03. The minimum Gasteiger partial charge on any atom is -0.396 e. The normalized spacial score (nSPS) is 29.7. The van der Waals surface area contributed by atoms with Crippen molar-refractivity contribution in [3.05, 3.63) is 66.0 Å². The highest BCUT2D eigenvalue weighted by Crippen LogP contribution is 2.50. The lowest BCUT2D eigenvalue weighted by atomic mass is 9.57. The Morgan fingerprint density at radius 2 is 1.83 bits per heavy atom. The average molecular weight is 393 g/mol. The zero-order valence-corrected chi connectivity index (χ0v) is 17.4. The Bertz CT molecular complexity index is 819. The molecule has 0 bridgehead atoms. The van der Waals surface area contributed by atoms with Gasteiger partial charge in [0, 0.05) is 6.61 Å². The first kappa shape index (κ1) is 20.3. The summed E-state index contributed by atoms with van der Waals surface area (Å²) in [7, 11) is 0. The van der Waals surface area contributed by atoms with Crippen LogP contribution in [0.4, 0.5) is 4.39 Å². The van der Waals surface area contributed by atoms with Crippen molar-refractivity contribution < 1.29 is 9.50 Å². The summed E-state index contributed by atoms with van der Waals surface area (Å²) in [6.45, 7) is 2.61. The van der Waals surface area contributed by atoms with Crippen LogP contribution in [0.25, 0.3) is 17.2 Å². The van der Waals surface area contributed by atoms with Crippen molar-refractivity contribution >= 4 is 6.08 Å². The number of hydrogen-bond acceptors (Lipinski definition) is 1. The van der Waals surface area contributed by atoms with Crippen LogP contribution in [0, 0.1) is 35.4 Å². The second-order valence-electron chi connectivity index (χ2n) is 9.03. The summed E-state index contributed by atoms with van der Waals surface area (Å²) in [5.74, 6) is 2.97. The predicted octanol–water partition coefficient (Wildman–Crippen LogP) is 6.97. The summed E-state index contributed by atoms with van der Waals surface area (Å²) >= 11 is 0. The van der Waals surface area contributed by atoms with Crippen molar-refractivity contribution in [3.8, 4) is 11.1 Å². The third-order valence-corrected chi connectivity index (χ3v) is 7.45. The molecular weight excluding hydrogens is 359 g/mol. The van der Waals surface area contributed by atoms with E-state index in [0.29, 0.717) is 24.4 Å². The molecule has 2 aromatic carbocycles. The maximum absolute atomic E-state index is 13.5. The third-order valence-electron chi connectivity index (χ3n) is 7.45. The standard InChI is InChI=1S/C27H33FO/c1-2-25-23(18-29)16-22-6-3-4-9-26(22)27(25)15-12-19-10-13-20(14-11-19)21-7-5-8-24(28)17-21/h5,7-8,10-15,17,22-23,25-27,29H,2-4,6,9,16,18H2,1H3/b15-12+/t22-,23-,25+,26+,27+/m0/s1. The number of aliphatic hydroxyl groups excluding tert-OH is 1. The molecule has 2 aromatic rings. The maximum atomic E-state index is 13.5. The van der Waals surface area contributed by atoms with Gasteiger partial charge in [0.1, 0.15) is 5.82 Å². The van der Waals surface area contributed by atoms with Crippen LogP contribution >= 0.6 is 0 Å². The monoisotopic (exact) mass is 392 g/mol. The van der Waals surface area contributed by atoms with Crippen LogP contribution in [0.5, 0.6) is 0 Å². The van der Waals surface area contributed by atoms with Crippen LogP contribution < -0.4 is 0 Å². The first-order chi connectivity index (χ1) is 14.2. The van der Waals surface area contributed by atoms with Gasteiger partial charge in [-0.1, -0.05) is 81.2 Å². The van der Waals surface area contributed by atoms with E-state index in [4.69, 9.17) is 0 Å². The lowest BCUT2D eigenvalue weighted by molar-refractivity contribution is 0.00715. The summed E-state index contributed by atoms with van der Waals surface area (Å²) in [4.78, 5) is 0. The van der Waals surface area contributed by atoms with E-state index in [0.717, 1.165) is 29.4 Å². The molecule has 0 aromatic heterocycles. The van der Waals surface area contributed by atoms with Crippen LogP contribution in [0.2, 0.25) is 0 Å². The van der Waals surface area contributed by atoms with Gasteiger partial charge in [-0.2, -0.15) is 0 Å². The Morgan fingerprint density at radius 3 is 2.55 bits per heavy atom. The maximum Gasteiger partial charge on any atom is 0.123 e. The van der Waals surface area contributed by atoms with Crippen LogP contribution in [0.1, 0.15) is 51.0 Å². The van der Waals surface area contributed by atoms with E-state index >= 15 is 0 Å². The Morgan fingerprint density at radius 1 is 1.03 bits per heavy atom. The fraction of sp³-hybridized carbons (Fsp3) is 0.481. The zero-order valence-electron chi connectivity index (χ0n) is 17.4. The SMILES string of the molecule is CC[C@@H]1[C@H](CO)C[C@@H]2CCCC[C@H]2[C@@H]1/C=C/c1ccc(-c2cccc(F)c2)cc1. The smallest absolute Gasteiger partial charge is 0.123 e. The lowest BCUT2D eigenvalue weighted by Crippen LogP contribution is -2.41. The van der Waals surface area contributed by atoms with Crippen molar-refractivity contribution in [2.75, 3.05) is 6.61 Å². The van der Waals surface area contributed by atoms with Gasteiger partial charge >= 0.3 is 0 Å². The Kier molecular flexibility index (Phi) is 6.50. The topological polar surface area (TPSA) is 20.2 Å². The molecule has 154 valence electrons. The molecule has 2 heteroatoms. The summed E-state index contributed by atoms with van der Waals surface area (Å²) in [6, 6.07) is 15.2. The van der Waals surface area contributed by atoms with Gasteiger partial charge in [-0.05, 0) is 71.3 Å². The number of fused-ring (bicyclic) bond motifs is 1. The number of hydrogen-bond donors (Lipinski definition) is 1. The van der Waals surface area contributed by atoms with Gasteiger partial charge < -0.3 is 5.11 Å². The molecule has 5 atom stereocenters. The van der Waals surface area contributed by atoms with Gasteiger partial charge in [0.05, 0.1) is 0 Å². The number of halogens is 1. The summed E-state index contributed by atoms with van der Waals surface area (Å²) in [5.41, 5.74) is 3.15. The molecule has 2 aliphatic rings. The minimum atomic E-state index is -0.199. The van der Waals surface area contributed by atoms with E-state index in [-0.39, 0.29) is 5.82 Å². The van der Waals surface area contributed by atoms with E-state index in [2.05, 4.69) is 43.3 Å². The fourth-order valence-electron chi connectivity index (χ4n) is 6.01. The van der Waals surface area contributed by atoms with Crippen molar-refractivity contribution in [1.82, 2.24) is 0 Å². The molecule has 0 amide bonds. The Balaban J connectivity index is 1.54. The van der Waals surface area contributed by atoms with Crippen LogP contribution in [-0.2, 0) is 0 Å². The lowest BCUT2D eigenvalue weighted by Gasteiger charge is -2.48. The van der Waals surface area contributed by atoms with Crippen molar-refractivity contribution in [3.63, 3.8) is 0 Å². The van der Waals surface area contributed by atoms with Crippen LogP contribution in [-0.4, -0.2) is 11.7 Å². The van der Waals surface area contributed by atoms with Crippen molar-refractivity contribution in [1.29, 1.82) is 0 Å². The van der Waals surface area contributed by atoms with Gasteiger partial charge in [0.2, 0.25) is 0 Å². The molecule has 0 spiro atoms. The second kappa shape index (κ2) is 9.26. The molecule has 4 rings (SSSR count). The molecule has 2 saturated carbocycles. The molecule has 0 unspecified atom stereocenters. The largest absolute Gasteiger partial charge is 0.396 e. The molecule has 0 saturated heterocycles. The molecule has 29 heavy (non-hydrogen) atoms. The quantitative estimate of drug-likeness (QED) is 0.583. The van der Waals surface area contributed by atoms with E-state index in [1.54, 1.807) is 12.1 Å². The number of aliphatic hydroxyl groups is 1. The number of rotatable bonds is 5. The number of benzene rings is 2. The molecular formula is C27H33FO. The van der Waals surface area contributed by atoms with E-state index in [9.17, 15) is 9.50 Å². The van der Waals surface area contributed by atoms with E-state index in [1.165, 1.54) is 43.7 Å².